The van der Waals surface area contributed by atoms with Crippen LogP contribution in [0.4, 0.5) is 4.79 Å². The van der Waals surface area contributed by atoms with Gasteiger partial charge in [-0.1, -0.05) is 78.9 Å². The van der Waals surface area contributed by atoms with Crippen molar-refractivity contribution in [3.8, 4) is 33.6 Å². The quantitative estimate of drug-likeness (QED) is 0.134. The first-order valence-corrected chi connectivity index (χ1v) is 18.0. The van der Waals surface area contributed by atoms with Gasteiger partial charge in [-0.3, -0.25) is 9.59 Å². The number of nitrogens with zero attached hydrogens (tertiary/aromatic N) is 4. The highest BCUT2D eigenvalue weighted by Crippen LogP contribution is 2.36. The van der Waals surface area contributed by atoms with E-state index in [1.54, 1.807) is 35.4 Å². The van der Waals surface area contributed by atoms with Gasteiger partial charge in [-0.15, -0.1) is 0 Å². The van der Waals surface area contributed by atoms with Gasteiger partial charge in [0, 0.05) is 19.7 Å². The van der Waals surface area contributed by atoms with Crippen LogP contribution >= 0.6 is 0 Å². The highest BCUT2D eigenvalue weighted by molar-refractivity contribution is 5.87. The Labute approximate surface area is 301 Å². The predicted octanol–water partition coefficient (Wildman–Crippen LogP) is 6.65. The highest BCUT2D eigenvalue weighted by Gasteiger charge is 2.38. The molecule has 52 heavy (non-hydrogen) atoms. The van der Waals surface area contributed by atoms with Crippen molar-refractivity contribution in [2.45, 2.75) is 62.8 Å². The van der Waals surface area contributed by atoms with E-state index in [1.807, 2.05) is 29.3 Å². The lowest BCUT2D eigenvalue weighted by Gasteiger charge is -2.28. The lowest BCUT2D eigenvalue weighted by atomic mass is 10.0. The van der Waals surface area contributed by atoms with Crippen molar-refractivity contribution < 1.29 is 24.2 Å². The van der Waals surface area contributed by atoms with Gasteiger partial charge < -0.3 is 34.9 Å². The van der Waals surface area contributed by atoms with E-state index in [1.165, 1.54) is 0 Å². The number of carbonyl (C=O) groups excluding carboxylic acids is 2. The van der Waals surface area contributed by atoms with Gasteiger partial charge in [0.05, 0.1) is 35.9 Å². The van der Waals surface area contributed by atoms with Crippen LogP contribution in [-0.4, -0.2) is 78.6 Å². The summed E-state index contributed by atoms with van der Waals surface area (Å²) in [7, 11) is 0. The second-order valence-corrected chi connectivity index (χ2v) is 13.7. The number of amides is 3. The Morgan fingerprint density at radius 3 is 1.79 bits per heavy atom. The molecule has 3 aliphatic rings. The molecule has 12 nitrogen and oxygen atoms in total. The standard InChI is InChI=1S/C40H41N7O5/c48-38(34-11-6-22-52-34)46-20-4-9-32(46)36-41-23-30(43-36)27-16-12-25(13-17-27)26-14-18-28(19-15-26)31-24-42-37(44-31)33-10-5-21-47(33)39(49)35(45-40(50)51)29-7-2-1-3-8-29/h1-3,7-8,12-19,23-24,32-35,45H,4-6,9-11,20-22H2,(H,41,43)(H,42,44)(H,50,51)/t32-,33-,34+,35+/m0/s1. The number of ether oxygens (including phenoxy) is 1. The van der Waals surface area contributed by atoms with Crippen molar-refractivity contribution >= 4 is 17.9 Å². The molecular formula is C40H41N7O5. The molecule has 0 aliphatic carbocycles. The van der Waals surface area contributed by atoms with Crippen LogP contribution < -0.4 is 5.32 Å². The number of carbonyl (C=O) groups is 3. The van der Waals surface area contributed by atoms with Crippen LogP contribution in [-0.2, 0) is 14.3 Å². The number of benzene rings is 3. The Morgan fingerprint density at radius 2 is 1.25 bits per heavy atom. The average molecular weight is 700 g/mol. The molecule has 4 atom stereocenters. The SMILES string of the molecule is O=C(O)N[C@@H](C(=O)N1CCC[C@H]1c1ncc(-c2ccc(-c3ccc(-c4cnc([C@@H]5CCCN5C(=O)[C@H]5CCCO5)[nH]4)cc3)cc2)[nH]1)c1ccccc1. The predicted molar refractivity (Wildman–Crippen MR) is 194 cm³/mol. The fraction of sp³-hybridized carbons (Fsp3) is 0.325. The average Bonchev–Trinajstić information content (AvgIpc) is 4.03. The second-order valence-electron chi connectivity index (χ2n) is 13.7. The molecule has 0 unspecified atom stereocenters. The van der Waals surface area contributed by atoms with Gasteiger partial charge in [-0.05, 0) is 66.3 Å². The van der Waals surface area contributed by atoms with Crippen molar-refractivity contribution in [2.75, 3.05) is 19.7 Å². The fourth-order valence-corrected chi connectivity index (χ4v) is 7.80. The molecular weight excluding hydrogens is 658 g/mol. The number of hydrogen-bond donors (Lipinski definition) is 4. The monoisotopic (exact) mass is 699 g/mol. The first kappa shape index (κ1) is 33.4. The number of likely N-dealkylation sites (tertiary alicyclic amines) is 2. The van der Waals surface area contributed by atoms with E-state index in [0.29, 0.717) is 24.5 Å². The number of rotatable bonds is 9. The molecule has 0 bridgehead atoms. The fourth-order valence-electron chi connectivity index (χ4n) is 7.80. The number of hydrogen-bond acceptors (Lipinski definition) is 6. The number of nitrogens with one attached hydrogen (secondary N) is 3. The number of aromatic nitrogens is 4. The van der Waals surface area contributed by atoms with E-state index in [9.17, 15) is 19.5 Å². The minimum atomic E-state index is -1.25. The van der Waals surface area contributed by atoms with Gasteiger partial charge in [0.2, 0.25) is 0 Å². The van der Waals surface area contributed by atoms with Crippen LogP contribution in [0.25, 0.3) is 33.6 Å². The second kappa shape index (κ2) is 14.5. The maximum absolute atomic E-state index is 13.7. The summed E-state index contributed by atoms with van der Waals surface area (Å²) in [6.07, 6.45) is 7.16. The van der Waals surface area contributed by atoms with Gasteiger partial charge in [0.15, 0.2) is 0 Å². The molecule has 5 heterocycles. The van der Waals surface area contributed by atoms with Crippen molar-refractivity contribution in [2.24, 2.45) is 0 Å². The molecule has 3 fully saturated rings. The van der Waals surface area contributed by atoms with E-state index in [-0.39, 0.29) is 30.0 Å². The molecule has 8 rings (SSSR count). The van der Waals surface area contributed by atoms with E-state index in [0.717, 1.165) is 84.5 Å². The summed E-state index contributed by atoms with van der Waals surface area (Å²) in [4.78, 5) is 58.3. The summed E-state index contributed by atoms with van der Waals surface area (Å²) >= 11 is 0. The third-order valence-corrected chi connectivity index (χ3v) is 10.5. The molecule has 0 spiro atoms. The molecule has 3 saturated heterocycles. The van der Waals surface area contributed by atoms with Gasteiger partial charge in [0.25, 0.3) is 11.8 Å². The van der Waals surface area contributed by atoms with Gasteiger partial charge in [-0.25, -0.2) is 14.8 Å². The lowest BCUT2D eigenvalue weighted by Crippen LogP contribution is -2.42. The Hall–Kier alpha value is -5.75. The van der Waals surface area contributed by atoms with E-state index < -0.39 is 12.1 Å². The molecule has 2 aromatic heterocycles. The maximum Gasteiger partial charge on any atom is 0.405 e. The maximum atomic E-state index is 13.7. The van der Waals surface area contributed by atoms with Crippen LogP contribution in [0, 0.1) is 0 Å². The van der Waals surface area contributed by atoms with Crippen LogP contribution in [0.15, 0.2) is 91.3 Å². The van der Waals surface area contributed by atoms with Gasteiger partial charge >= 0.3 is 6.09 Å². The largest absolute Gasteiger partial charge is 0.465 e. The van der Waals surface area contributed by atoms with Crippen molar-refractivity contribution in [1.29, 1.82) is 0 Å². The Morgan fingerprint density at radius 1 is 0.712 bits per heavy atom. The Bertz CT molecular complexity index is 2040. The Kier molecular flexibility index (Phi) is 9.29. The summed E-state index contributed by atoms with van der Waals surface area (Å²) < 4.78 is 5.67. The first-order valence-electron chi connectivity index (χ1n) is 18.0. The van der Waals surface area contributed by atoms with E-state index in [4.69, 9.17) is 4.74 Å². The minimum absolute atomic E-state index is 0.0538. The number of H-pyrrole nitrogens is 2. The molecule has 0 saturated carbocycles. The summed E-state index contributed by atoms with van der Waals surface area (Å²) in [5.74, 6) is 1.29. The first-order chi connectivity index (χ1) is 25.4. The molecule has 3 aliphatic heterocycles. The van der Waals surface area contributed by atoms with Crippen LogP contribution in [0.1, 0.15) is 73.9 Å². The van der Waals surface area contributed by atoms with Crippen molar-refractivity contribution in [3.63, 3.8) is 0 Å². The minimum Gasteiger partial charge on any atom is -0.465 e. The summed E-state index contributed by atoms with van der Waals surface area (Å²) in [6.45, 7) is 1.91. The number of carboxylic acid groups (broad SMARTS) is 1. The molecule has 266 valence electrons. The van der Waals surface area contributed by atoms with Crippen molar-refractivity contribution in [3.05, 3.63) is 108 Å². The van der Waals surface area contributed by atoms with Crippen LogP contribution in [0.2, 0.25) is 0 Å². The zero-order valence-corrected chi connectivity index (χ0v) is 28.7. The van der Waals surface area contributed by atoms with Crippen molar-refractivity contribution in [1.82, 2.24) is 35.1 Å². The molecule has 12 heteroatoms. The molecule has 3 aromatic carbocycles. The zero-order chi connectivity index (χ0) is 35.6. The number of aromatic amines is 2. The summed E-state index contributed by atoms with van der Waals surface area (Å²) in [5.41, 5.74) is 6.49. The highest BCUT2D eigenvalue weighted by atomic mass is 16.5. The zero-order valence-electron chi connectivity index (χ0n) is 28.7. The molecule has 0 radical (unpaired) electrons. The molecule has 5 aromatic rings. The smallest absolute Gasteiger partial charge is 0.405 e. The van der Waals surface area contributed by atoms with E-state index in [2.05, 4.69) is 61.7 Å². The topological polar surface area (TPSA) is 157 Å². The molecule has 4 N–H and O–H groups in total. The third kappa shape index (κ3) is 6.69. The van der Waals surface area contributed by atoms with E-state index >= 15 is 0 Å². The Balaban J connectivity index is 0.930. The lowest BCUT2D eigenvalue weighted by molar-refractivity contribution is -0.142. The third-order valence-electron chi connectivity index (χ3n) is 10.5. The molecule has 3 amide bonds. The van der Waals surface area contributed by atoms with Crippen LogP contribution in [0.3, 0.4) is 0 Å². The normalized spacial score (nSPS) is 20.7. The number of imidazole rings is 2. The summed E-state index contributed by atoms with van der Waals surface area (Å²) in [6, 6.07) is 24.2. The van der Waals surface area contributed by atoms with Gasteiger partial charge in [-0.2, -0.15) is 0 Å². The van der Waals surface area contributed by atoms with Crippen LogP contribution in [0.5, 0.6) is 0 Å². The summed E-state index contributed by atoms with van der Waals surface area (Å²) in [5, 5.41) is 11.9. The van der Waals surface area contributed by atoms with Gasteiger partial charge in [0.1, 0.15) is 23.8 Å².